The number of nitrogens with zero attached hydrogens (tertiary/aromatic N) is 1. The lowest BCUT2D eigenvalue weighted by molar-refractivity contribution is -0.150. The van der Waals surface area contributed by atoms with Gasteiger partial charge >= 0.3 is 12.2 Å². The van der Waals surface area contributed by atoms with E-state index >= 15 is 0 Å². The van der Waals surface area contributed by atoms with E-state index in [1.807, 2.05) is 5.32 Å². The zero-order valence-corrected chi connectivity index (χ0v) is 12.3. The quantitative estimate of drug-likeness (QED) is 0.179. The summed E-state index contributed by atoms with van der Waals surface area (Å²) >= 11 is 5.96. The number of ether oxygens (including phenoxy) is 1. The summed E-state index contributed by atoms with van der Waals surface area (Å²) in [5, 5.41) is 0.281. The number of hydrazine groups is 1. The molecule has 0 aliphatic carbocycles. The first-order valence-corrected chi connectivity index (χ1v) is 6.50. The van der Waals surface area contributed by atoms with Gasteiger partial charge in [-0.1, -0.05) is 18.5 Å². The smallest absolute Gasteiger partial charge is 0.383 e. The molecule has 1 rings (SSSR count). The molecule has 0 aromatic carbocycles. The van der Waals surface area contributed by atoms with Crippen LogP contribution in [0.5, 0.6) is 0 Å². The number of nitrogens with two attached hydrogens (primary N) is 2. The highest BCUT2D eigenvalue weighted by atomic mass is 35.5. The largest absolute Gasteiger partial charge is 0.410 e. The molecule has 0 aromatic heterocycles. The van der Waals surface area contributed by atoms with Crippen molar-refractivity contribution in [2.75, 3.05) is 20.3 Å². The Morgan fingerprint density at radius 1 is 1.62 bits per heavy atom. The molecule has 7 nitrogen and oxygen atoms in total. The van der Waals surface area contributed by atoms with Crippen LogP contribution in [0.15, 0.2) is 0 Å². The van der Waals surface area contributed by atoms with Crippen LogP contribution in [0.3, 0.4) is 0 Å². The van der Waals surface area contributed by atoms with Crippen LogP contribution in [0, 0.1) is 5.92 Å². The van der Waals surface area contributed by atoms with Gasteiger partial charge in [-0.05, 0) is 0 Å². The average Bonchev–Trinajstić information content (AvgIpc) is 2.77. The summed E-state index contributed by atoms with van der Waals surface area (Å²) in [6.07, 6.45) is -4.53. The van der Waals surface area contributed by atoms with Crippen LogP contribution in [0.2, 0.25) is 0 Å². The molecule has 21 heavy (non-hydrogen) atoms. The van der Waals surface area contributed by atoms with E-state index in [1.165, 1.54) is 7.11 Å². The SMILES string of the molecule is COC[C@H](C(C)C(N)(Cl)NN)N1C[C@@H](C(F)(F)F)NC1=O. The van der Waals surface area contributed by atoms with Gasteiger partial charge in [0.05, 0.1) is 19.2 Å². The predicted molar refractivity (Wildman–Crippen MR) is 70.0 cm³/mol. The second kappa shape index (κ2) is 6.53. The second-order valence-electron chi connectivity index (χ2n) is 4.92. The summed E-state index contributed by atoms with van der Waals surface area (Å²) in [4.78, 5) is 12.8. The number of alkyl halides is 4. The number of urea groups is 1. The highest BCUT2D eigenvalue weighted by Gasteiger charge is 2.50. The molecule has 124 valence electrons. The van der Waals surface area contributed by atoms with Crippen molar-refractivity contribution >= 4 is 17.6 Å². The normalized spacial score (nSPS) is 25.4. The third-order valence-corrected chi connectivity index (χ3v) is 3.99. The topological polar surface area (TPSA) is 106 Å². The van der Waals surface area contributed by atoms with Gasteiger partial charge in [0, 0.05) is 13.0 Å². The number of carbonyl (C=O) groups excluding carboxylic acids is 1. The van der Waals surface area contributed by atoms with Gasteiger partial charge in [0.2, 0.25) is 0 Å². The van der Waals surface area contributed by atoms with Crippen LogP contribution < -0.4 is 22.3 Å². The third-order valence-electron chi connectivity index (χ3n) is 3.53. The van der Waals surface area contributed by atoms with Crippen molar-refractivity contribution in [2.24, 2.45) is 17.5 Å². The van der Waals surface area contributed by atoms with Crippen LogP contribution >= 0.6 is 11.6 Å². The average molecular weight is 334 g/mol. The van der Waals surface area contributed by atoms with Crippen LogP contribution in [0.1, 0.15) is 6.92 Å². The molecule has 0 saturated carbocycles. The highest BCUT2D eigenvalue weighted by molar-refractivity contribution is 6.23. The lowest BCUT2D eigenvalue weighted by Gasteiger charge is -2.38. The molecule has 11 heteroatoms. The Kier molecular flexibility index (Phi) is 5.67. The lowest BCUT2D eigenvalue weighted by Crippen LogP contribution is -2.63. The zero-order valence-electron chi connectivity index (χ0n) is 11.6. The maximum absolute atomic E-state index is 12.7. The van der Waals surface area contributed by atoms with E-state index in [2.05, 4.69) is 5.43 Å². The van der Waals surface area contributed by atoms with Crippen molar-refractivity contribution < 1.29 is 22.7 Å². The molecule has 0 aromatic rings. The predicted octanol–water partition coefficient (Wildman–Crippen LogP) is -0.0918. The summed E-state index contributed by atoms with van der Waals surface area (Å²) in [5.41, 5.74) is 7.88. The molecule has 4 atom stereocenters. The van der Waals surface area contributed by atoms with Gasteiger partial charge in [0.1, 0.15) is 6.04 Å². The van der Waals surface area contributed by atoms with Crippen molar-refractivity contribution in [3.05, 3.63) is 0 Å². The fraction of sp³-hybridized carbons (Fsp3) is 0.900. The van der Waals surface area contributed by atoms with E-state index in [4.69, 9.17) is 27.9 Å². The molecule has 1 saturated heterocycles. The molecule has 1 heterocycles. The van der Waals surface area contributed by atoms with Crippen molar-refractivity contribution in [3.8, 4) is 0 Å². The first kappa shape index (κ1) is 18.2. The standard InChI is InChI=1S/C10H19ClF3N5O2/c1-5(9(11,15)18-16)6(4-21-2)19-3-7(10(12,13)14)17-8(19)20/h5-7,18H,3-4,15-16H2,1-2H3,(H,17,20)/t5?,6-,7+,9?/m1/s1. The van der Waals surface area contributed by atoms with Gasteiger partial charge in [-0.15, -0.1) is 0 Å². The third kappa shape index (κ3) is 4.10. The second-order valence-corrected chi connectivity index (χ2v) is 5.55. The van der Waals surface area contributed by atoms with E-state index in [1.54, 1.807) is 6.92 Å². The summed E-state index contributed by atoms with van der Waals surface area (Å²) in [5.74, 6) is 4.55. The maximum Gasteiger partial charge on any atom is 0.410 e. The fourth-order valence-corrected chi connectivity index (χ4v) is 2.26. The van der Waals surface area contributed by atoms with Crippen LogP contribution in [-0.4, -0.2) is 54.6 Å². The number of hydrogen-bond acceptors (Lipinski definition) is 5. The number of nitrogens with one attached hydrogen (secondary N) is 2. The summed E-state index contributed by atoms with van der Waals surface area (Å²) in [7, 11) is 1.36. The van der Waals surface area contributed by atoms with Crippen molar-refractivity contribution in [2.45, 2.75) is 30.3 Å². The van der Waals surface area contributed by atoms with Crippen molar-refractivity contribution in [1.82, 2.24) is 15.6 Å². The molecule has 2 amide bonds. The van der Waals surface area contributed by atoms with E-state index in [-0.39, 0.29) is 6.61 Å². The van der Waals surface area contributed by atoms with Crippen LogP contribution in [-0.2, 0) is 4.74 Å². The van der Waals surface area contributed by atoms with Gasteiger partial charge in [0.15, 0.2) is 5.12 Å². The monoisotopic (exact) mass is 333 g/mol. The number of rotatable bonds is 6. The molecule has 1 fully saturated rings. The first-order valence-electron chi connectivity index (χ1n) is 6.13. The minimum absolute atomic E-state index is 0.0352. The number of hydrogen-bond donors (Lipinski definition) is 4. The van der Waals surface area contributed by atoms with Gasteiger partial charge in [0.25, 0.3) is 0 Å². The van der Waals surface area contributed by atoms with Crippen LogP contribution in [0.4, 0.5) is 18.0 Å². The first-order chi connectivity index (χ1) is 9.54. The summed E-state index contributed by atoms with van der Waals surface area (Å²) < 4.78 is 43.1. The minimum atomic E-state index is -4.53. The molecule has 1 aliphatic rings. The number of carbonyl (C=O) groups is 1. The Balaban J connectivity index is 2.94. The number of halogens is 4. The van der Waals surface area contributed by atoms with E-state index in [9.17, 15) is 18.0 Å². The summed E-state index contributed by atoms with van der Waals surface area (Å²) in [6, 6.07) is -3.57. The molecule has 2 unspecified atom stereocenters. The molecular weight excluding hydrogens is 315 g/mol. The Morgan fingerprint density at radius 3 is 2.57 bits per heavy atom. The zero-order chi connectivity index (χ0) is 16.4. The minimum Gasteiger partial charge on any atom is -0.383 e. The molecule has 0 radical (unpaired) electrons. The lowest BCUT2D eigenvalue weighted by atomic mass is 9.97. The number of methoxy groups -OCH3 is 1. The molecule has 6 N–H and O–H groups in total. The Bertz CT molecular complexity index is 382. The van der Waals surface area contributed by atoms with Crippen molar-refractivity contribution in [3.63, 3.8) is 0 Å². The van der Waals surface area contributed by atoms with E-state index in [0.29, 0.717) is 0 Å². The van der Waals surface area contributed by atoms with Crippen molar-refractivity contribution in [1.29, 1.82) is 0 Å². The summed E-state index contributed by atoms with van der Waals surface area (Å²) in [6.45, 7) is 0.982. The van der Waals surface area contributed by atoms with Gasteiger partial charge in [-0.3, -0.25) is 11.6 Å². The molecule has 1 aliphatic heterocycles. The Labute approximate surface area is 125 Å². The number of amides is 2. The Morgan fingerprint density at radius 2 is 2.19 bits per heavy atom. The van der Waals surface area contributed by atoms with E-state index in [0.717, 1.165) is 4.90 Å². The molecule has 0 spiro atoms. The Hall–Kier alpha value is -0.810. The molecule has 0 bridgehead atoms. The van der Waals surface area contributed by atoms with E-state index < -0.39 is 41.9 Å². The van der Waals surface area contributed by atoms with Gasteiger partial charge in [-0.25, -0.2) is 10.2 Å². The van der Waals surface area contributed by atoms with Crippen LogP contribution in [0.25, 0.3) is 0 Å². The van der Waals surface area contributed by atoms with Gasteiger partial charge < -0.3 is 15.0 Å². The highest BCUT2D eigenvalue weighted by Crippen LogP contribution is 2.29. The maximum atomic E-state index is 12.7. The van der Waals surface area contributed by atoms with Gasteiger partial charge in [-0.2, -0.15) is 13.2 Å². The fourth-order valence-electron chi connectivity index (χ4n) is 2.11. The molecular formula is C10H19ClF3N5O2.